The van der Waals surface area contributed by atoms with Crippen LogP contribution in [0.3, 0.4) is 0 Å². The summed E-state index contributed by atoms with van der Waals surface area (Å²) >= 11 is 0. The molecule has 6 nitrogen and oxygen atoms in total. The molecule has 0 bridgehead atoms. The quantitative estimate of drug-likeness (QED) is 0.680. The van der Waals surface area contributed by atoms with Crippen LogP contribution in [0, 0.1) is 15.9 Å². The van der Waals surface area contributed by atoms with Gasteiger partial charge in [-0.05, 0) is 22.9 Å². The Bertz CT molecular complexity index is 612. The molecule has 7 heteroatoms. The Labute approximate surface area is 109 Å². The molecule has 0 aliphatic rings. The van der Waals surface area contributed by atoms with Crippen molar-refractivity contribution in [1.82, 2.24) is 9.55 Å². The first-order valence-electron chi connectivity index (χ1n) is 5.67. The van der Waals surface area contributed by atoms with E-state index in [0.29, 0.717) is 5.56 Å². The van der Waals surface area contributed by atoms with Crippen molar-refractivity contribution in [3.8, 4) is 0 Å². The van der Waals surface area contributed by atoms with Crippen LogP contribution >= 0.6 is 0 Å². The molecule has 1 heterocycles. The normalized spacial score (nSPS) is 12.2. The number of rotatable bonds is 4. The average Bonchev–Trinajstić information content (AvgIpc) is 2.71. The van der Waals surface area contributed by atoms with Crippen molar-refractivity contribution in [2.24, 2.45) is 7.05 Å². The van der Waals surface area contributed by atoms with Crippen LogP contribution in [0.1, 0.15) is 18.5 Å². The van der Waals surface area contributed by atoms with Crippen molar-refractivity contribution in [2.45, 2.75) is 13.0 Å². The standard InChI is InChI=1S/C12H13FN4O2/c1-8(9-5-3-4-6-10(9)13)15-12-11(17(18)19)14-7-16(12)2/h3-8,15H,1-2H3. The second-order valence-electron chi connectivity index (χ2n) is 4.17. The Kier molecular flexibility index (Phi) is 3.46. The first-order valence-corrected chi connectivity index (χ1v) is 5.67. The number of halogens is 1. The van der Waals surface area contributed by atoms with Gasteiger partial charge in [0, 0.05) is 12.6 Å². The summed E-state index contributed by atoms with van der Waals surface area (Å²) in [5.41, 5.74) is 0.443. The van der Waals surface area contributed by atoms with Crippen LogP contribution in [-0.4, -0.2) is 14.5 Å². The van der Waals surface area contributed by atoms with Gasteiger partial charge in [0.25, 0.3) is 0 Å². The van der Waals surface area contributed by atoms with E-state index in [-0.39, 0.29) is 17.5 Å². The summed E-state index contributed by atoms with van der Waals surface area (Å²) < 4.78 is 15.1. The number of aromatic nitrogens is 2. The minimum Gasteiger partial charge on any atom is -0.358 e. The van der Waals surface area contributed by atoms with Gasteiger partial charge in [0.15, 0.2) is 0 Å². The van der Waals surface area contributed by atoms with Crippen molar-refractivity contribution in [3.05, 3.63) is 52.1 Å². The zero-order valence-electron chi connectivity index (χ0n) is 10.5. The molecule has 1 aromatic heterocycles. The highest BCUT2D eigenvalue weighted by molar-refractivity contribution is 5.53. The highest BCUT2D eigenvalue weighted by Gasteiger charge is 2.22. The third-order valence-corrected chi connectivity index (χ3v) is 2.82. The van der Waals surface area contributed by atoms with Gasteiger partial charge in [0.05, 0.1) is 6.04 Å². The van der Waals surface area contributed by atoms with E-state index < -0.39 is 11.0 Å². The molecule has 0 amide bonds. The molecule has 0 spiro atoms. The molecule has 19 heavy (non-hydrogen) atoms. The highest BCUT2D eigenvalue weighted by atomic mass is 19.1. The fourth-order valence-corrected chi connectivity index (χ4v) is 1.83. The van der Waals surface area contributed by atoms with Gasteiger partial charge in [0.1, 0.15) is 5.82 Å². The number of imidazole rings is 1. The molecular weight excluding hydrogens is 251 g/mol. The zero-order valence-corrected chi connectivity index (χ0v) is 10.5. The predicted octanol–water partition coefficient (Wildman–Crippen LogP) is 2.64. The van der Waals surface area contributed by atoms with Crippen molar-refractivity contribution >= 4 is 11.6 Å². The number of aryl methyl sites for hydroxylation is 1. The van der Waals surface area contributed by atoms with Crippen LogP contribution in [-0.2, 0) is 7.05 Å². The topological polar surface area (TPSA) is 73.0 Å². The van der Waals surface area contributed by atoms with Gasteiger partial charge in [-0.3, -0.25) is 4.57 Å². The van der Waals surface area contributed by atoms with E-state index in [0.717, 1.165) is 0 Å². The van der Waals surface area contributed by atoms with Crippen LogP contribution in [0.2, 0.25) is 0 Å². The highest BCUT2D eigenvalue weighted by Crippen LogP contribution is 2.27. The second-order valence-corrected chi connectivity index (χ2v) is 4.17. The summed E-state index contributed by atoms with van der Waals surface area (Å²) in [5, 5.41) is 13.8. The van der Waals surface area contributed by atoms with Gasteiger partial charge in [-0.2, -0.15) is 0 Å². The Balaban J connectivity index is 2.29. The Morgan fingerprint density at radius 2 is 2.16 bits per heavy atom. The summed E-state index contributed by atoms with van der Waals surface area (Å²) in [4.78, 5) is 14.0. The largest absolute Gasteiger partial charge is 0.406 e. The Morgan fingerprint density at radius 3 is 2.79 bits per heavy atom. The zero-order chi connectivity index (χ0) is 14.0. The molecule has 2 aromatic rings. The van der Waals surface area contributed by atoms with E-state index in [1.807, 2.05) is 0 Å². The summed E-state index contributed by atoms with van der Waals surface area (Å²) in [6.45, 7) is 1.73. The maximum absolute atomic E-state index is 13.6. The van der Waals surface area contributed by atoms with Crippen molar-refractivity contribution in [1.29, 1.82) is 0 Å². The number of nitrogens with one attached hydrogen (secondary N) is 1. The smallest absolute Gasteiger partial charge is 0.358 e. The lowest BCUT2D eigenvalue weighted by atomic mass is 10.1. The van der Waals surface area contributed by atoms with Gasteiger partial charge in [-0.1, -0.05) is 18.2 Å². The molecular formula is C12H13FN4O2. The summed E-state index contributed by atoms with van der Waals surface area (Å²) in [5.74, 6) is -0.376. The monoisotopic (exact) mass is 264 g/mol. The van der Waals surface area contributed by atoms with Crippen LogP contribution in [0.15, 0.2) is 30.6 Å². The predicted molar refractivity (Wildman–Crippen MR) is 68.3 cm³/mol. The molecule has 1 aromatic carbocycles. The molecule has 1 N–H and O–H groups in total. The third kappa shape index (κ3) is 2.54. The average molecular weight is 264 g/mol. The summed E-state index contributed by atoms with van der Waals surface area (Å²) in [6, 6.07) is 5.89. The first kappa shape index (κ1) is 13.0. The minimum atomic E-state index is -0.573. The Morgan fingerprint density at radius 1 is 1.47 bits per heavy atom. The Hall–Kier alpha value is -2.44. The number of nitro groups is 1. The van der Waals surface area contributed by atoms with E-state index in [1.165, 1.54) is 17.0 Å². The maximum Gasteiger partial charge on any atom is 0.406 e. The molecule has 0 aliphatic carbocycles. The molecule has 100 valence electrons. The van der Waals surface area contributed by atoms with E-state index in [9.17, 15) is 14.5 Å². The van der Waals surface area contributed by atoms with Crippen LogP contribution in [0.5, 0.6) is 0 Å². The van der Waals surface area contributed by atoms with E-state index in [4.69, 9.17) is 0 Å². The van der Waals surface area contributed by atoms with Gasteiger partial charge < -0.3 is 15.4 Å². The second kappa shape index (κ2) is 5.05. The third-order valence-electron chi connectivity index (χ3n) is 2.82. The minimum absolute atomic E-state index is 0.251. The fourth-order valence-electron chi connectivity index (χ4n) is 1.83. The SMILES string of the molecule is CC(Nc1c([N+](=O)[O-])ncn1C)c1ccccc1F. The van der Waals surface area contributed by atoms with Gasteiger partial charge >= 0.3 is 5.82 Å². The lowest BCUT2D eigenvalue weighted by Gasteiger charge is -2.15. The molecule has 1 atom stereocenters. The van der Waals surface area contributed by atoms with Crippen LogP contribution in [0.4, 0.5) is 16.0 Å². The van der Waals surface area contributed by atoms with Gasteiger partial charge in [0.2, 0.25) is 12.1 Å². The number of hydrogen-bond donors (Lipinski definition) is 1. The summed E-state index contributed by atoms with van der Waals surface area (Å²) in [7, 11) is 1.64. The van der Waals surface area contributed by atoms with E-state index >= 15 is 0 Å². The van der Waals surface area contributed by atoms with Gasteiger partial charge in [-0.15, -0.1) is 0 Å². The van der Waals surface area contributed by atoms with Gasteiger partial charge in [-0.25, -0.2) is 4.39 Å². The molecule has 1 unspecified atom stereocenters. The molecule has 0 saturated carbocycles. The van der Waals surface area contributed by atoms with Crippen molar-refractivity contribution in [3.63, 3.8) is 0 Å². The molecule has 2 rings (SSSR count). The number of benzene rings is 1. The van der Waals surface area contributed by atoms with Crippen molar-refractivity contribution in [2.75, 3.05) is 5.32 Å². The van der Waals surface area contributed by atoms with Crippen molar-refractivity contribution < 1.29 is 9.31 Å². The fraction of sp³-hybridized carbons (Fsp3) is 0.250. The molecule has 0 aliphatic heterocycles. The lowest BCUT2D eigenvalue weighted by Crippen LogP contribution is -2.12. The first-order chi connectivity index (χ1) is 9.00. The number of hydrogen-bond acceptors (Lipinski definition) is 4. The molecule has 0 fully saturated rings. The van der Waals surface area contributed by atoms with Crippen LogP contribution in [0.25, 0.3) is 0 Å². The number of anilines is 1. The van der Waals surface area contributed by atoms with E-state index in [1.54, 1.807) is 32.2 Å². The number of nitrogens with zero attached hydrogens (tertiary/aromatic N) is 3. The molecule has 0 saturated heterocycles. The van der Waals surface area contributed by atoms with E-state index in [2.05, 4.69) is 10.3 Å². The summed E-state index contributed by atoms with van der Waals surface area (Å²) in [6.07, 6.45) is 1.34. The van der Waals surface area contributed by atoms with Crippen LogP contribution < -0.4 is 5.32 Å². The lowest BCUT2D eigenvalue weighted by molar-refractivity contribution is -0.388. The molecule has 0 radical (unpaired) electrons. The maximum atomic E-state index is 13.6.